The largest absolute Gasteiger partial charge is 0.497 e. The third-order valence-corrected chi connectivity index (χ3v) is 8.54. The summed E-state index contributed by atoms with van der Waals surface area (Å²) in [4.78, 5) is 28.2. The van der Waals surface area contributed by atoms with Gasteiger partial charge in [0.25, 0.3) is 0 Å². The number of nitrogens with zero attached hydrogens (tertiary/aromatic N) is 2. The summed E-state index contributed by atoms with van der Waals surface area (Å²) in [7, 11) is -2.04. The first-order valence-corrected chi connectivity index (χ1v) is 15.6. The van der Waals surface area contributed by atoms with Crippen LogP contribution in [0.1, 0.15) is 51.0 Å². The molecule has 0 unspecified atom stereocenters. The van der Waals surface area contributed by atoms with Crippen LogP contribution in [0.25, 0.3) is 0 Å². The molecule has 1 fully saturated rings. The van der Waals surface area contributed by atoms with Crippen molar-refractivity contribution in [3.8, 4) is 17.2 Å². The summed E-state index contributed by atoms with van der Waals surface area (Å²) in [6.45, 7) is 2.92. The van der Waals surface area contributed by atoms with E-state index in [0.29, 0.717) is 36.1 Å². The summed E-state index contributed by atoms with van der Waals surface area (Å²) >= 11 is 0. The molecule has 1 atom stereocenters. The van der Waals surface area contributed by atoms with E-state index >= 15 is 0 Å². The molecule has 2 amide bonds. The Hall–Kier alpha value is -3.47. The van der Waals surface area contributed by atoms with E-state index < -0.39 is 16.1 Å². The van der Waals surface area contributed by atoms with Crippen LogP contribution in [0.5, 0.6) is 17.2 Å². The van der Waals surface area contributed by atoms with Crippen molar-refractivity contribution in [3.63, 3.8) is 0 Å². The second-order valence-corrected chi connectivity index (χ2v) is 12.2. The topological polar surface area (TPSA) is 114 Å². The molecule has 0 saturated heterocycles. The highest BCUT2D eigenvalue weighted by Crippen LogP contribution is 2.34. The Morgan fingerprint density at radius 3 is 2.38 bits per heavy atom. The fourth-order valence-corrected chi connectivity index (χ4v) is 6.05. The Bertz CT molecular complexity index is 1280. The molecule has 0 aromatic heterocycles. The lowest BCUT2D eigenvalue weighted by Crippen LogP contribution is -2.49. The molecule has 2 aromatic rings. The highest BCUT2D eigenvalue weighted by atomic mass is 32.2. The van der Waals surface area contributed by atoms with Crippen LogP contribution in [-0.2, 0) is 26.2 Å². The van der Waals surface area contributed by atoms with E-state index in [9.17, 15) is 18.0 Å². The van der Waals surface area contributed by atoms with Gasteiger partial charge in [-0.1, -0.05) is 25.0 Å². The number of amides is 2. The molecule has 1 N–H and O–H groups in total. The Morgan fingerprint density at radius 1 is 1.05 bits per heavy atom. The minimum Gasteiger partial charge on any atom is -0.497 e. The van der Waals surface area contributed by atoms with Crippen LogP contribution in [0, 0.1) is 0 Å². The SMILES string of the molecule is COc1ccc(CN(C(=O)CCCN(c2ccc3c(c2)OCCO3)S(C)(=O)=O)[C@@H](C)C(=O)NC2CCCC2)cc1. The molecule has 2 aromatic carbocycles. The first-order valence-electron chi connectivity index (χ1n) is 13.8. The number of carbonyl (C=O) groups excluding carboxylic acids is 2. The minimum atomic E-state index is -3.63. The summed E-state index contributed by atoms with van der Waals surface area (Å²) in [6.07, 6.45) is 5.57. The van der Waals surface area contributed by atoms with E-state index in [-0.39, 0.29) is 43.8 Å². The zero-order valence-corrected chi connectivity index (χ0v) is 24.2. The highest BCUT2D eigenvalue weighted by molar-refractivity contribution is 7.92. The summed E-state index contributed by atoms with van der Waals surface area (Å²) in [6, 6.07) is 11.8. The van der Waals surface area contributed by atoms with E-state index in [0.717, 1.165) is 37.5 Å². The van der Waals surface area contributed by atoms with E-state index in [1.807, 2.05) is 24.3 Å². The zero-order chi connectivity index (χ0) is 28.7. The fraction of sp³-hybridized carbons (Fsp3) is 0.517. The number of methoxy groups -OCH3 is 1. The van der Waals surface area contributed by atoms with Crippen molar-refractivity contribution in [2.75, 3.05) is 37.4 Å². The molecule has 1 aliphatic carbocycles. The average molecular weight is 574 g/mol. The van der Waals surface area contributed by atoms with E-state index in [1.54, 1.807) is 37.1 Å². The molecular formula is C29H39N3O7S. The Balaban J connectivity index is 1.45. The molecule has 0 bridgehead atoms. The van der Waals surface area contributed by atoms with Crippen LogP contribution < -0.4 is 23.8 Å². The predicted molar refractivity (Wildman–Crippen MR) is 152 cm³/mol. The lowest BCUT2D eigenvalue weighted by atomic mass is 10.1. The van der Waals surface area contributed by atoms with Gasteiger partial charge in [0.15, 0.2) is 11.5 Å². The van der Waals surface area contributed by atoms with E-state index in [2.05, 4.69) is 5.32 Å². The van der Waals surface area contributed by atoms with E-state index in [4.69, 9.17) is 14.2 Å². The first kappa shape index (κ1) is 29.5. The number of fused-ring (bicyclic) bond motifs is 1. The fourth-order valence-electron chi connectivity index (χ4n) is 5.09. The molecule has 0 radical (unpaired) electrons. The summed E-state index contributed by atoms with van der Waals surface area (Å²) in [5.41, 5.74) is 1.31. The van der Waals surface area contributed by atoms with Crippen molar-refractivity contribution in [1.29, 1.82) is 0 Å². The van der Waals surface area contributed by atoms with Crippen molar-refractivity contribution >= 4 is 27.5 Å². The third kappa shape index (κ3) is 7.59. The van der Waals surface area contributed by atoms with Crippen LogP contribution in [-0.4, -0.2) is 70.3 Å². The van der Waals surface area contributed by atoms with Gasteiger partial charge < -0.3 is 24.4 Å². The Labute approximate surface area is 236 Å². The average Bonchev–Trinajstić information content (AvgIpc) is 3.46. The molecule has 1 heterocycles. The molecule has 218 valence electrons. The number of ether oxygens (including phenoxy) is 3. The van der Waals surface area contributed by atoms with Crippen molar-refractivity contribution in [1.82, 2.24) is 10.2 Å². The van der Waals surface area contributed by atoms with Gasteiger partial charge >= 0.3 is 0 Å². The molecular weight excluding hydrogens is 534 g/mol. The van der Waals surface area contributed by atoms with Gasteiger partial charge in [-0.2, -0.15) is 0 Å². The zero-order valence-electron chi connectivity index (χ0n) is 23.4. The maximum Gasteiger partial charge on any atom is 0.242 e. The number of anilines is 1. The molecule has 4 rings (SSSR count). The van der Waals surface area contributed by atoms with Crippen LogP contribution in [0.15, 0.2) is 42.5 Å². The molecule has 1 saturated carbocycles. The van der Waals surface area contributed by atoms with Gasteiger partial charge in [-0.15, -0.1) is 0 Å². The lowest BCUT2D eigenvalue weighted by molar-refractivity contribution is -0.141. The van der Waals surface area contributed by atoms with Gasteiger partial charge in [-0.3, -0.25) is 13.9 Å². The summed E-state index contributed by atoms with van der Waals surface area (Å²) in [5, 5.41) is 3.10. The summed E-state index contributed by atoms with van der Waals surface area (Å²) in [5.74, 6) is 1.36. The normalized spacial score (nSPS) is 15.8. The van der Waals surface area contributed by atoms with Gasteiger partial charge in [0, 0.05) is 31.6 Å². The van der Waals surface area contributed by atoms with Crippen molar-refractivity contribution in [2.45, 2.75) is 64.1 Å². The molecule has 1 aliphatic heterocycles. The third-order valence-electron chi connectivity index (χ3n) is 7.35. The van der Waals surface area contributed by atoms with Gasteiger partial charge in [0.1, 0.15) is 25.0 Å². The van der Waals surface area contributed by atoms with E-state index in [1.165, 1.54) is 4.31 Å². The molecule has 40 heavy (non-hydrogen) atoms. The quantitative estimate of drug-likeness (QED) is 0.413. The molecule has 0 spiro atoms. The number of benzene rings is 2. The van der Waals surface area contributed by atoms with Gasteiger partial charge in [0.05, 0.1) is 19.1 Å². The molecule has 2 aliphatic rings. The maximum atomic E-state index is 13.5. The Kier molecular flexibility index (Phi) is 9.78. The van der Waals surface area contributed by atoms with Crippen molar-refractivity contribution in [3.05, 3.63) is 48.0 Å². The summed E-state index contributed by atoms with van der Waals surface area (Å²) < 4.78 is 43.0. The monoisotopic (exact) mass is 573 g/mol. The van der Waals surface area contributed by atoms with Crippen LogP contribution in [0.2, 0.25) is 0 Å². The minimum absolute atomic E-state index is 0.0772. The second kappa shape index (κ2) is 13.3. The van der Waals surface area contributed by atoms with Crippen LogP contribution in [0.4, 0.5) is 5.69 Å². The lowest BCUT2D eigenvalue weighted by Gasteiger charge is -2.30. The highest BCUT2D eigenvalue weighted by Gasteiger charge is 2.29. The second-order valence-electron chi connectivity index (χ2n) is 10.3. The standard InChI is InChI=1S/C29H39N3O7S/c1-21(29(34)30-23-7-4-5-8-23)31(20-22-10-13-25(37-2)14-11-22)28(33)9-6-16-32(40(3,35)36)24-12-15-26-27(19-24)39-18-17-38-26/h10-15,19,21,23H,4-9,16-18,20H2,1-3H3,(H,30,34)/t21-/m0/s1. The maximum absolute atomic E-state index is 13.5. The number of carbonyl (C=O) groups is 2. The number of hydrogen-bond donors (Lipinski definition) is 1. The number of hydrogen-bond acceptors (Lipinski definition) is 7. The number of sulfonamides is 1. The molecule has 11 heteroatoms. The van der Waals surface area contributed by atoms with Crippen molar-refractivity contribution in [2.24, 2.45) is 0 Å². The smallest absolute Gasteiger partial charge is 0.242 e. The number of rotatable bonds is 12. The van der Waals surface area contributed by atoms with Crippen LogP contribution >= 0.6 is 0 Å². The molecule has 10 nitrogen and oxygen atoms in total. The predicted octanol–water partition coefficient (Wildman–Crippen LogP) is 3.49. The van der Waals surface area contributed by atoms with Gasteiger partial charge in [-0.25, -0.2) is 8.42 Å². The first-order chi connectivity index (χ1) is 19.2. The number of nitrogens with one attached hydrogen (secondary N) is 1. The van der Waals surface area contributed by atoms with Crippen molar-refractivity contribution < 1.29 is 32.2 Å². The van der Waals surface area contributed by atoms with Gasteiger partial charge in [0.2, 0.25) is 21.8 Å². The van der Waals surface area contributed by atoms with Gasteiger partial charge in [-0.05, 0) is 56.0 Å². The Morgan fingerprint density at radius 2 is 1.73 bits per heavy atom. The van der Waals surface area contributed by atoms with Crippen LogP contribution in [0.3, 0.4) is 0 Å².